The molecule has 2 unspecified atom stereocenters. The molecule has 1 aromatic heterocycles. The van der Waals surface area contributed by atoms with Crippen molar-refractivity contribution in [2.24, 2.45) is 11.8 Å². The Morgan fingerprint density at radius 2 is 1.95 bits per heavy atom. The first-order valence-electron chi connectivity index (χ1n) is 7.09. The van der Waals surface area contributed by atoms with E-state index in [1.54, 1.807) is 6.20 Å². The molecule has 0 amide bonds. The minimum atomic E-state index is -0.856. The van der Waals surface area contributed by atoms with Gasteiger partial charge in [-0.1, -0.05) is 11.6 Å². The lowest BCUT2D eigenvalue weighted by atomic mass is 9.88. The van der Waals surface area contributed by atoms with Crippen LogP contribution >= 0.6 is 11.6 Å². The van der Waals surface area contributed by atoms with Gasteiger partial charge in [-0.3, -0.25) is 5.10 Å². The molecule has 106 valence electrons. The molecule has 4 atom stereocenters. The minimum absolute atomic E-state index is 0.193. The van der Waals surface area contributed by atoms with Crippen LogP contribution in [0.3, 0.4) is 0 Å². The number of aromatic nitrogens is 2. The van der Waals surface area contributed by atoms with E-state index in [0.29, 0.717) is 29.7 Å². The summed E-state index contributed by atoms with van der Waals surface area (Å²) in [6.45, 7) is 0. The molecule has 2 saturated carbocycles. The molecular weight excluding hydrogens is 276 g/mol. The van der Waals surface area contributed by atoms with E-state index in [-0.39, 0.29) is 6.10 Å². The number of halogens is 1. The molecule has 2 aliphatic rings. The maximum absolute atomic E-state index is 11.1. The number of H-pyrrole nitrogens is 1. The zero-order chi connectivity index (χ0) is 13.9. The van der Waals surface area contributed by atoms with E-state index in [2.05, 4.69) is 10.2 Å². The summed E-state index contributed by atoms with van der Waals surface area (Å²) in [4.78, 5) is 0. The van der Waals surface area contributed by atoms with Gasteiger partial charge in [0.2, 0.25) is 0 Å². The quantitative estimate of drug-likeness (QED) is 0.757. The van der Waals surface area contributed by atoms with E-state index < -0.39 is 5.60 Å². The van der Waals surface area contributed by atoms with Gasteiger partial charge in [0.1, 0.15) is 0 Å². The number of fused-ring (bicyclic) bond motifs is 2. The zero-order valence-corrected chi connectivity index (χ0v) is 11.8. The zero-order valence-electron chi connectivity index (χ0n) is 11.0. The van der Waals surface area contributed by atoms with Gasteiger partial charge >= 0.3 is 0 Å². The number of rotatable bonds is 1. The maximum atomic E-state index is 11.1. The van der Waals surface area contributed by atoms with Gasteiger partial charge < -0.3 is 10.2 Å². The third kappa shape index (κ3) is 1.79. The molecule has 5 heteroatoms. The summed E-state index contributed by atoms with van der Waals surface area (Å²) in [7, 11) is 0. The van der Waals surface area contributed by atoms with E-state index in [0.717, 1.165) is 29.3 Å². The summed E-state index contributed by atoms with van der Waals surface area (Å²) in [5, 5.41) is 29.4. The molecule has 2 fully saturated rings. The summed E-state index contributed by atoms with van der Waals surface area (Å²) in [5.74, 6) is 0.818. The molecule has 1 aromatic carbocycles. The number of hydrogen-bond donors (Lipinski definition) is 3. The van der Waals surface area contributed by atoms with Crippen molar-refractivity contribution in [3.63, 3.8) is 0 Å². The van der Waals surface area contributed by atoms with Gasteiger partial charge in [0, 0.05) is 16.0 Å². The van der Waals surface area contributed by atoms with Gasteiger partial charge in [-0.2, -0.15) is 5.10 Å². The largest absolute Gasteiger partial charge is 0.393 e. The van der Waals surface area contributed by atoms with Crippen LogP contribution in [0.2, 0.25) is 5.02 Å². The molecule has 0 aliphatic heterocycles. The Labute approximate surface area is 121 Å². The van der Waals surface area contributed by atoms with Crippen LogP contribution in [0.1, 0.15) is 31.2 Å². The van der Waals surface area contributed by atoms with Crippen LogP contribution in [0.25, 0.3) is 10.9 Å². The summed E-state index contributed by atoms with van der Waals surface area (Å²) < 4.78 is 0. The maximum Gasteiger partial charge on any atom is 0.0923 e. The molecule has 0 radical (unpaired) electrons. The Hall–Kier alpha value is -1.10. The number of aliphatic hydroxyl groups is 2. The van der Waals surface area contributed by atoms with Crippen molar-refractivity contribution < 1.29 is 10.2 Å². The van der Waals surface area contributed by atoms with Crippen LogP contribution in [0.15, 0.2) is 18.3 Å². The average Bonchev–Trinajstić information content (AvgIpc) is 3.01. The molecule has 0 spiro atoms. The number of nitrogens with one attached hydrogen (secondary N) is 1. The van der Waals surface area contributed by atoms with Gasteiger partial charge in [-0.25, -0.2) is 0 Å². The van der Waals surface area contributed by atoms with Crippen LogP contribution < -0.4 is 0 Å². The lowest BCUT2D eigenvalue weighted by Crippen LogP contribution is -2.24. The first-order valence-corrected chi connectivity index (χ1v) is 7.46. The fraction of sp³-hybridized carbons (Fsp3) is 0.533. The highest BCUT2D eigenvalue weighted by Crippen LogP contribution is 2.53. The fourth-order valence-corrected chi connectivity index (χ4v) is 4.47. The molecule has 3 N–H and O–H groups in total. The Balaban J connectivity index is 1.78. The number of nitrogens with zero attached hydrogens (tertiary/aromatic N) is 1. The third-order valence-corrected chi connectivity index (χ3v) is 5.25. The Bertz CT molecular complexity index is 655. The van der Waals surface area contributed by atoms with E-state index in [4.69, 9.17) is 11.6 Å². The number of aromatic amines is 1. The minimum Gasteiger partial charge on any atom is -0.393 e. The normalized spacial score (nSPS) is 36.6. The molecule has 4 rings (SSSR count). The summed E-state index contributed by atoms with van der Waals surface area (Å²) in [6.07, 6.45) is 4.54. The highest BCUT2D eigenvalue weighted by Gasteiger charge is 2.49. The van der Waals surface area contributed by atoms with E-state index in [1.165, 1.54) is 0 Å². The van der Waals surface area contributed by atoms with Gasteiger partial charge in [0.05, 0.1) is 23.4 Å². The number of aliphatic hydroxyl groups excluding tert-OH is 1. The van der Waals surface area contributed by atoms with Crippen molar-refractivity contribution in [3.05, 3.63) is 28.9 Å². The molecule has 20 heavy (non-hydrogen) atoms. The van der Waals surface area contributed by atoms with Crippen LogP contribution in [0.4, 0.5) is 0 Å². The molecule has 2 aromatic rings. The van der Waals surface area contributed by atoms with Gasteiger partial charge in [-0.05, 0) is 49.7 Å². The van der Waals surface area contributed by atoms with Crippen LogP contribution in [-0.2, 0) is 5.60 Å². The van der Waals surface area contributed by atoms with E-state index in [1.807, 2.05) is 12.1 Å². The van der Waals surface area contributed by atoms with Crippen molar-refractivity contribution in [2.45, 2.75) is 37.4 Å². The summed E-state index contributed by atoms with van der Waals surface area (Å²) in [5.41, 5.74) is 0.865. The van der Waals surface area contributed by atoms with Crippen molar-refractivity contribution in [1.82, 2.24) is 10.2 Å². The topological polar surface area (TPSA) is 69.1 Å². The van der Waals surface area contributed by atoms with Gasteiger partial charge in [0.15, 0.2) is 0 Å². The smallest absolute Gasteiger partial charge is 0.0923 e. The van der Waals surface area contributed by atoms with Crippen molar-refractivity contribution in [3.8, 4) is 0 Å². The number of benzene rings is 1. The second kappa shape index (κ2) is 4.20. The highest BCUT2D eigenvalue weighted by molar-refractivity contribution is 6.31. The Morgan fingerprint density at radius 3 is 2.65 bits per heavy atom. The second-order valence-electron chi connectivity index (χ2n) is 6.37. The van der Waals surface area contributed by atoms with Crippen LogP contribution in [-0.4, -0.2) is 26.5 Å². The van der Waals surface area contributed by atoms with E-state index >= 15 is 0 Å². The SMILES string of the molecule is OC1C[C@@H]2CC(O)(c3cc(Cl)cc4cn[nH]c34)C[C@@H]2C1. The van der Waals surface area contributed by atoms with Crippen LogP contribution in [0, 0.1) is 11.8 Å². The molecule has 2 aliphatic carbocycles. The lowest BCUT2D eigenvalue weighted by Gasteiger charge is -2.25. The lowest BCUT2D eigenvalue weighted by molar-refractivity contribution is 0.0302. The monoisotopic (exact) mass is 292 g/mol. The van der Waals surface area contributed by atoms with Crippen molar-refractivity contribution >= 4 is 22.5 Å². The highest BCUT2D eigenvalue weighted by atomic mass is 35.5. The van der Waals surface area contributed by atoms with Gasteiger partial charge in [-0.15, -0.1) is 0 Å². The second-order valence-corrected chi connectivity index (χ2v) is 6.81. The predicted molar refractivity (Wildman–Crippen MR) is 76.5 cm³/mol. The molecular formula is C15H17ClN2O2. The Kier molecular flexibility index (Phi) is 2.65. The third-order valence-electron chi connectivity index (χ3n) is 5.03. The standard InChI is InChI=1S/C15H17ClN2O2/c16-11-1-10-7-17-18-14(10)13(4-11)15(20)5-8-2-12(19)3-9(8)6-15/h1,4,7-9,12,19-20H,2-3,5-6H2,(H,17,18)/t8-,9+,12?,15?. The molecule has 0 bridgehead atoms. The first kappa shape index (κ1) is 12.6. The Morgan fingerprint density at radius 1 is 1.25 bits per heavy atom. The van der Waals surface area contributed by atoms with Gasteiger partial charge in [0.25, 0.3) is 0 Å². The fourth-order valence-electron chi connectivity index (χ4n) is 4.24. The number of hydrogen-bond acceptors (Lipinski definition) is 3. The van der Waals surface area contributed by atoms with Crippen molar-refractivity contribution in [2.75, 3.05) is 0 Å². The van der Waals surface area contributed by atoms with Crippen molar-refractivity contribution in [1.29, 1.82) is 0 Å². The summed E-state index contributed by atoms with van der Waals surface area (Å²) >= 11 is 6.17. The first-order chi connectivity index (χ1) is 9.55. The molecule has 1 heterocycles. The molecule has 4 nitrogen and oxygen atoms in total. The average molecular weight is 293 g/mol. The summed E-state index contributed by atoms with van der Waals surface area (Å²) in [6, 6.07) is 3.70. The molecule has 0 saturated heterocycles. The predicted octanol–water partition coefficient (Wildman–Crippen LogP) is 2.58. The van der Waals surface area contributed by atoms with E-state index in [9.17, 15) is 10.2 Å². The van der Waals surface area contributed by atoms with Crippen LogP contribution in [0.5, 0.6) is 0 Å².